The Morgan fingerprint density at radius 2 is 0.930 bits per heavy atom. The molecule has 3 heterocycles. The molecule has 3 fully saturated rings. The fourth-order valence-corrected chi connectivity index (χ4v) is 14.3. The number of carbonyl (C=O) groups excluding carboxylic acids is 11. The number of unbranched alkanes of at least 4 members (excludes halogenated alkanes) is 1. The van der Waals surface area contributed by atoms with Gasteiger partial charge in [0.1, 0.15) is 76.8 Å². The molecular weight excluding hydrogens is 1830 g/mol. The van der Waals surface area contributed by atoms with E-state index in [1.165, 1.54) is 58.9 Å². The van der Waals surface area contributed by atoms with Gasteiger partial charge in [-0.15, -0.1) is 0 Å². The zero-order valence-electron chi connectivity index (χ0n) is 84.6. The Hall–Kier alpha value is -14.8. The Labute approximate surface area is 838 Å². The van der Waals surface area contributed by atoms with Gasteiger partial charge in [-0.2, -0.15) is 11.8 Å². The van der Waals surface area contributed by atoms with Gasteiger partial charge in [-0.25, -0.2) is 38.0 Å². The van der Waals surface area contributed by atoms with Gasteiger partial charge in [0, 0.05) is 60.3 Å². The number of anilines is 3. The maximum Gasteiger partial charge on any atom is 0.519 e. The number of hydrogen-bond donors (Lipinski definition) is 6. The van der Waals surface area contributed by atoms with Crippen LogP contribution in [-0.4, -0.2) is 143 Å². The largest absolute Gasteiger partial charge is 0.519 e. The molecule has 0 radical (unpaired) electrons. The summed E-state index contributed by atoms with van der Waals surface area (Å²) in [6, 6.07) is 73.0. The normalized spacial score (nSPS) is 14.1. The molecule has 0 aliphatic carbocycles. The van der Waals surface area contributed by atoms with E-state index in [4.69, 9.17) is 47.4 Å². The Morgan fingerprint density at radius 1 is 0.500 bits per heavy atom. The topological polar surface area (TPSA) is 355 Å². The van der Waals surface area contributed by atoms with Crippen LogP contribution in [0.5, 0.6) is 34.5 Å². The van der Waals surface area contributed by atoms with Crippen LogP contribution in [0.4, 0.5) is 45.4 Å². The van der Waals surface area contributed by atoms with E-state index < -0.39 is 65.5 Å². The van der Waals surface area contributed by atoms with Gasteiger partial charge in [0.05, 0.1) is 18.2 Å². The first-order valence-corrected chi connectivity index (χ1v) is 47.9. The molecule has 4 unspecified atom stereocenters. The molecule has 758 valence electrons. The third kappa shape index (κ3) is 48.2. The molecule has 0 saturated carbocycles. The number of hydrogen-bond acceptors (Lipinski definition) is 22. The number of amides is 7. The summed E-state index contributed by atoms with van der Waals surface area (Å²) >= 11 is 1.90. The van der Waals surface area contributed by atoms with Crippen LogP contribution in [0.3, 0.4) is 0 Å². The second kappa shape index (κ2) is 60.2. The predicted molar refractivity (Wildman–Crippen MR) is 552 cm³/mol. The van der Waals surface area contributed by atoms with Crippen LogP contribution < -0.4 is 60.3 Å². The van der Waals surface area contributed by atoms with E-state index in [0.717, 1.165) is 87.6 Å². The van der Waals surface area contributed by atoms with E-state index >= 15 is 0 Å². The molecule has 5 atom stereocenters. The van der Waals surface area contributed by atoms with Gasteiger partial charge < -0.3 is 74.0 Å². The standard InChI is InChI=1S/C21H25NO4.C19H26N2O4S.C17H23NO4.C14H11FO3.C11H15NO2.C11H15NO.C10H11NO.C9H10O2/c1-15-10-12-17(13-11-15)25-19(23)18(14-16-8-6-5-7-9-16)22-20(24)26-21(2,3)4;1-13-6-8-14(9-7-13)24-10-11-25-17(22)5-3-2-4-16-18-15(12-26-16)20-19(23)21-18;1-12-7-9-13(10-8-12)21-15(19)14-6-5-11-18(14)16(20)22-17(2,3)4;1-10-2-6-12(7-3-10)17-14(16)18-13-8-4-11(15)5-9-13;1-8(2)14-11(13)12-10-6-4-9(3)5-7-10;1-8(2)11(13)12-10-6-4-9(3)5-7-10;1-3-10(12)11-9-6-4-8(2)5-7-9;1-7-3-5-9(6-4-7)11-8(2)10/h5-13,18H,14H2,1-4H3,(H,22,24);6-9,15-16,18H,2-5,10-12H2,1H3,(H2,20,21,23);7-10,14H,5-6,11H2,1-4H3;2-9H,1H3;4-8H,1-3H3,(H,12,13);4-8H,1-3H3,(H,12,13);3-7H,1H2,2H3,(H,11,12);3-6H,1-2H3/t18-;;;;;;;/m1......./s1. The van der Waals surface area contributed by atoms with Crippen LogP contribution in [-0.2, 0) is 54.1 Å². The van der Waals surface area contributed by atoms with E-state index in [-0.39, 0.29) is 66.2 Å². The van der Waals surface area contributed by atoms with Gasteiger partial charge in [0.15, 0.2) is 0 Å². The average molecular weight is 1970 g/mol. The van der Waals surface area contributed by atoms with Crippen molar-refractivity contribution in [1.82, 2.24) is 20.9 Å². The molecule has 0 spiro atoms. The molecule has 10 aromatic carbocycles. The molecule has 6 N–H and O–H groups in total. The minimum atomic E-state index is -0.856. The molecule has 0 bridgehead atoms. The molecule has 13 rings (SSSR count). The van der Waals surface area contributed by atoms with Crippen molar-refractivity contribution >= 4 is 95.0 Å². The third-order valence-corrected chi connectivity index (χ3v) is 21.6. The minimum Gasteiger partial charge on any atom is -0.490 e. The summed E-state index contributed by atoms with van der Waals surface area (Å²) in [5.74, 6) is 2.01. The Balaban J connectivity index is 0.000000253. The lowest BCUT2D eigenvalue weighted by Gasteiger charge is -2.27. The first kappa shape index (κ1) is 116. The van der Waals surface area contributed by atoms with Crippen molar-refractivity contribution in [3.05, 3.63) is 317 Å². The first-order chi connectivity index (χ1) is 67.3. The molecule has 3 aliphatic heterocycles. The van der Waals surface area contributed by atoms with Crippen LogP contribution in [0.15, 0.2) is 261 Å². The SMILES string of the molecule is C=CC(=O)Nc1ccc(C)cc1.CC(=O)Oc1ccc(C)cc1.Cc1ccc(NC(=O)C(C)C)cc1.Cc1ccc(NC(=O)OC(C)C)cc1.Cc1ccc(OC(=O)C2CCCN2C(=O)OC(C)(C)C)cc1.Cc1ccc(OC(=O)Oc2ccc(F)cc2)cc1.Cc1ccc(OC(=O)[C@@H](Cc2ccccc2)NC(=O)OC(C)(C)C)cc1.Cc1ccc(OCCOC(=O)CCCCC2SCC3NC(=O)NC32)cc1. The second-order valence-electron chi connectivity index (χ2n) is 36.1. The number of ether oxygens (including phenoxy) is 10. The number of aryl methyl sites for hydroxylation is 8. The fraction of sp³-hybridized carbons (Fsp3) is 0.348. The highest BCUT2D eigenvalue weighted by Gasteiger charge is 2.43. The van der Waals surface area contributed by atoms with E-state index in [9.17, 15) is 57.1 Å². The number of urea groups is 1. The lowest BCUT2D eigenvalue weighted by molar-refractivity contribution is -0.144. The molecule has 30 heteroatoms. The summed E-state index contributed by atoms with van der Waals surface area (Å²) in [7, 11) is 0. The van der Waals surface area contributed by atoms with Crippen LogP contribution >= 0.6 is 11.8 Å². The van der Waals surface area contributed by atoms with Gasteiger partial charge >= 0.3 is 54.3 Å². The van der Waals surface area contributed by atoms with Crippen LogP contribution in [0.1, 0.15) is 165 Å². The predicted octanol–water partition coefficient (Wildman–Crippen LogP) is 23.3. The number of halogens is 1. The third-order valence-electron chi connectivity index (χ3n) is 20.1. The number of thioether (sulfide) groups is 1. The fourth-order valence-electron chi connectivity index (χ4n) is 12.8. The van der Waals surface area contributed by atoms with E-state index in [0.29, 0.717) is 60.7 Å². The first-order valence-electron chi connectivity index (χ1n) is 46.8. The molecule has 3 aliphatic rings. The molecule has 10 aromatic rings. The molecular formula is C112H136FN7O21S. The number of alkyl carbamates (subject to hydrolysis) is 1. The Morgan fingerprint density at radius 3 is 1.38 bits per heavy atom. The van der Waals surface area contributed by atoms with Crippen molar-refractivity contribution in [3.8, 4) is 34.5 Å². The average Bonchev–Trinajstić information content (AvgIpc) is 1.66. The van der Waals surface area contributed by atoms with Gasteiger partial charge in [-0.1, -0.05) is 199 Å². The number of nitrogens with zero attached hydrogens (tertiary/aromatic N) is 1. The maximum absolute atomic E-state index is 12.6. The van der Waals surface area contributed by atoms with E-state index in [1.807, 2.05) is 271 Å². The van der Waals surface area contributed by atoms with Crippen molar-refractivity contribution in [2.24, 2.45) is 5.92 Å². The summed E-state index contributed by atoms with van der Waals surface area (Å²) < 4.78 is 64.4. The number of carbonyl (C=O) groups is 11. The van der Waals surface area contributed by atoms with Crippen molar-refractivity contribution < 1.29 is 104 Å². The zero-order chi connectivity index (χ0) is 104. The van der Waals surface area contributed by atoms with Crippen molar-refractivity contribution in [1.29, 1.82) is 0 Å². The van der Waals surface area contributed by atoms with E-state index in [2.05, 4.69) is 38.5 Å². The van der Waals surface area contributed by atoms with Gasteiger partial charge in [0.2, 0.25) is 11.8 Å². The maximum atomic E-state index is 12.6. The van der Waals surface area contributed by atoms with Gasteiger partial charge in [0.25, 0.3) is 0 Å². The molecule has 3 saturated heterocycles. The number of nitrogens with one attached hydrogen (secondary N) is 6. The summed E-state index contributed by atoms with van der Waals surface area (Å²) in [6.45, 7) is 39.9. The molecule has 7 amide bonds. The Kier molecular flexibility index (Phi) is 49.2. The summed E-state index contributed by atoms with van der Waals surface area (Å²) in [4.78, 5) is 129. The number of rotatable bonds is 25. The van der Waals surface area contributed by atoms with Gasteiger partial charge in [-0.05, 0) is 269 Å². The van der Waals surface area contributed by atoms with Crippen LogP contribution in [0.2, 0.25) is 0 Å². The minimum absolute atomic E-state index is 0.0290. The number of benzene rings is 10. The molecule has 0 aromatic heterocycles. The second-order valence-corrected chi connectivity index (χ2v) is 37.4. The molecule has 28 nitrogen and oxygen atoms in total. The van der Waals surface area contributed by atoms with Crippen molar-refractivity contribution in [2.45, 2.75) is 223 Å². The summed E-state index contributed by atoms with van der Waals surface area (Å²) in [5, 5.41) is 17.1. The van der Waals surface area contributed by atoms with Crippen molar-refractivity contribution in [2.75, 3.05) is 41.5 Å². The van der Waals surface area contributed by atoms with Crippen LogP contribution in [0, 0.1) is 67.1 Å². The highest BCUT2D eigenvalue weighted by atomic mass is 32.2. The quantitative estimate of drug-likeness (QED) is 0.00589. The highest BCUT2D eigenvalue weighted by Crippen LogP contribution is 2.34. The monoisotopic (exact) mass is 1970 g/mol. The lowest BCUT2D eigenvalue weighted by Crippen LogP contribution is -2.46. The van der Waals surface area contributed by atoms with Crippen LogP contribution in [0.25, 0.3) is 0 Å². The van der Waals surface area contributed by atoms with E-state index in [1.54, 1.807) is 90.1 Å². The number of esters is 4. The number of fused-ring (bicyclic) bond motifs is 1. The van der Waals surface area contributed by atoms with Gasteiger partial charge in [-0.3, -0.25) is 29.4 Å². The lowest BCUT2D eigenvalue weighted by atomic mass is 10.0. The highest BCUT2D eigenvalue weighted by molar-refractivity contribution is 8.00. The zero-order valence-corrected chi connectivity index (χ0v) is 85.4. The Bertz CT molecular complexity index is 5560. The summed E-state index contributed by atoms with van der Waals surface area (Å²) in [6.07, 6.45) is 3.67. The number of likely N-dealkylation sites (tertiary alicyclic amines) is 1. The summed E-state index contributed by atoms with van der Waals surface area (Å²) in [5.41, 5.74) is 11.2. The smallest absolute Gasteiger partial charge is 0.490 e. The van der Waals surface area contributed by atoms with Crippen molar-refractivity contribution in [3.63, 3.8) is 0 Å². The molecule has 142 heavy (non-hydrogen) atoms.